The molecular formula is C18H18Cl2N2O2S. The second-order valence-corrected chi connectivity index (χ2v) is 6.91. The van der Waals surface area contributed by atoms with Crippen LogP contribution in [0.25, 0.3) is 0 Å². The molecule has 1 amide bonds. The first-order chi connectivity index (χ1) is 11.8. The number of benzene rings is 2. The maximum Gasteiger partial charge on any atom is 0.261 e. The number of carbonyl (C=O) groups excluding carboxylic acids is 1. The van der Waals surface area contributed by atoms with E-state index in [0.717, 1.165) is 5.69 Å². The number of nitrogens with one attached hydrogen (secondary N) is 2. The van der Waals surface area contributed by atoms with Crippen LogP contribution >= 0.6 is 35.4 Å². The molecule has 0 atom stereocenters. The fourth-order valence-corrected chi connectivity index (χ4v) is 3.00. The van der Waals surface area contributed by atoms with E-state index in [9.17, 15) is 4.79 Å². The normalized spacial score (nSPS) is 10.5. The van der Waals surface area contributed by atoms with Gasteiger partial charge >= 0.3 is 0 Å². The average molecular weight is 397 g/mol. The maximum atomic E-state index is 12.4. The first-order valence-corrected chi connectivity index (χ1v) is 8.73. The molecule has 25 heavy (non-hydrogen) atoms. The average Bonchev–Trinajstić information content (AvgIpc) is 2.54. The molecule has 4 nitrogen and oxygen atoms in total. The number of amides is 1. The lowest BCUT2D eigenvalue weighted by atomic mass is 10.0. The summed E-state index contributed by atoms with van der Waals surface area (Å²) in [5, 5.41) is 6.32. The number of halogens is 2. The Kier molecular flexibility index (Phi) is 6.64. The second kappa shape index (κ2) is 8.52. The van der Waals surface area contributed by atoms with Gasteiger partial charge in [0.15, 0.2) is 5.11 Å². The molecule has 0 radical (unpaired) electrons. The molecule has 2 aromatic carbocycles. The van der Waals surface area contributed by atoms with Crippen molar-refractivity contribution < 1.29 is 9.53 Å². The smallest absolute Gasteiger partial charge is 0.261 e. The van der Waals surface area contributed by atoms with Crippen molar-refractivity contribution in [1.82, 2.24) is 5.32 Å². The maximum absolute atomic E-state index is 12.4. The Morgan fingerprint density at radius 2 is 1.80 bits per heavy atom. The van der Waals surface area contributed by atoms with Crippen LogP contribution < -0.4 is 15.4 Å². The molecule has 2 N–H and O–H groups in total. The number of hydrogen-bond donors (Lipinski definition) is 2. The number of methoxy groups -OCH3 is 1. The molecular weight excluding hydrogens is 379 g/mol. The minimum atomic E-state index is -0.461. The van der Waals surface area contributed by atoms with Gasteiger partial charge in [-0.05, 0) is 48.0 Å². The third kappa shape index (κ3) is 5.08. The van der Waals surface area contributed by atoms with Gasteiger partial charge in [-0.25, -0.2) is 0 Å². The van der Waals surface area contributed by atoms with E-state index < -0.39 is 5.91 Å². The van der Waals surface area contributed by atoms with E-state index in [0.29, 0.717) is 10.9 Å². The number of rotatable bonds is 4. The van der Waals surface area contributed by atoms with Crippen molar-refractivity contribution in [2.75, 3.05) is 12.4 Å². The topological polar surface area (TPSA) is 50.4 Å². The summed E-state index contributed by atoms with van der Waals surface area (Å²) >= 11 is 17.2. The Hall–Kier alpha value is -1.82. The fraction of sp³-hybridized carbons (Fsp3) is 0.222. The second-order valence-electron chi connectivity index (χ2n) is 5.65. The minimum Gasteiger partial charge on any atom is -0.494 e. The van der Waals surface area contributed by atoms with Crippen LogP contribution in [0.1, 0.15) is 35.7 Å². The van der Waals surface area contributed by atoms with E-state index in [1.54, 1.807) is 0 Å². The van der Waals surface area contributed by atoms with Crippen molar-refractivity contribution in [3.63, 3.8) is 0 Å². The van der Waals surface area contributed by atoms with Crippen molar-refractivity contribution >= 4 is 52.1 Å². The van der Waals surface area contributed by atoms with Gasteiger partial charge in [-0.15, -0.1) is 0 Å². The standard InChI is InChI=1S/C18H18Cl2N2O2S/c1-10(2)11-4-6-13(7-5-11)21-18(25)22-17(23)14-8-12(19)9-15(20)16(14)24-3/h4-10H,1-3H3,(H2,21,22,23,25). The summed E-state index contributed by atoms with van der Waals surface area (Å²) in [5.41, 5.74) is 2.21. The molecule has 132 valence electrons. The lowest BCUT2D eigenvalue weighted by Gasteiger charge is -2.13. The minimum absolute atomic E-state index is 0.167. The molecule has 0 aliphatic heterocycles. The predicted molar refractivity (Wildman–Crippen MR) is 107 cm³/mol. The number of thiocarbonyl (C=S) groups is 1. The van der Waals surface area contributed by atoms with Gasteiger partial charge in [0.2, 0.25) is 0 Å². The van der Waals surface area contributed by atoms with Crippen LogP contribution in [0.2, 0.25) is 10.0 Å². The van der Waals surface area contributed by atoms with E-state index in [2.05, 4.69) is 24.5 Å². The van der Waals surface area contributed by atoms with Gasteiger partial charge in [0, 0.05) is 10.7 Å². The van der Waals surface area contributed by atoms with Crippen LogP contribution in [-0.2, 0) is 0 Å². The summed E-state index contributed by atoms with van der Waals surface area (Å²) in [6, 6.07) is 10.8. The van der Waals surface area contributed by atoms with E-state index in [-0.39, 0.29) is 21.4 Å². The summed E-state index contributed by atoms with van der Waals surface area (Å²) in [5.74, 6) is 0.228. The van der Waals surface area contributed by atoms with Crippen molar-refractivity contribution in [2.45, 2.75) is 19.8 Å². The monoisotopic (exact) mass is 396 g/mol. The molecule has 0 aromatic heterocycles. The van der Waals surface area contributed by atoms with Gasteiger partial charge in [0.05, 0.1) is 17.7 Å². The molecule has 0 fully saturated rings. The molecule has 0 saturated heterocycles. The molecule has 0 heterocycles. The zero-order chi connectivity index (χ0) is 18.6. The van der Waals surface area contributed by atoms with E-state index in [4.69, 9.17) is 40.2 Å². The third-order valence-corrected chi connectivity index (χ3v) is 4.22. The highest BCUT2D eigenvalue weighted by atomic mass is 35.5. The highest BCUT2D eigenvalue weighted by Crippen LogP contribution is 2.32. The van der Waals surface area contributed by atoms with Crippen molar-refractivity contribution in [2.24, 2.45) is 0 Å². The summed E-state index contributed by atoms with van der Waals surface area (Å²) < 4.78 is 5.17. The van der Waals surface area contributed by atoms with Gasteiger partial charge in [-0.1, -0.05) is 49.2 Å². The highest BCUT2D eigenvalue weighted by molar-refractivity contribution is 7.80. The van der Waals surface area contributed by atoms with Crippen LogP contribution in [0.5, 0.6) is 5.75 Å². The van der Waals surface area contributed by atoms with Gasteiger partial charge in [0.1, 0.15) is 5.75 Å². The summed E-state index contributed by atoms with van der Waals surface area (Å²) in [6.45, 7) is 4.24. The Morgan fingerprint density at radius 3 is 2.36 bits per heavy atom. The Balaban J connectivity index is 2.09. The Labute approximate surface area is 162 Å². The molecule has 0 unspecified atom stereocenters. The van der Waals surface area contributed by atoms with Gasteiger partial charge in [-0.2, -0.15) is 0 Å². The fourth-order valence-electron chi connectivity index (χ4n) is 2.22. The molecule has 0 spiro atoms. The van der Waals surface area contributed by atoms with Crippen LogP contribution in [0, 0.1) is 0 Å². The van der Waals surface area contributed by atoms with Crippen LogP contribution in [0.3, 0.4) is 0 Å². The Bertz CT molecular complexity index is 792. The summed E-state index contributed by atoms with van der Waals surface area (Å²) in [6.07, 6.45) is 0. The van der Waals surface area contributed by atoms with Crippen LogP contribution in [0.4, 0.5) is 5.69 Å². The van der Waals surface area contributed by atoms with E-state index >= 15 is 0 Å². The lowest BCUT2D eigenvalue weighted by Crippen LogP contribution is -2.34. The van der Waals surface area contributed by atoms with Crippen LogP contribution in [-0.4, -0.2) is 18.1 Å². The molecule has 0 aliphatic rings. The summed E-state index contributed by atoms with van der Waals surface area (Å²) in [7, 11) is 1.43. The number of anilines is 1. The molecule has 0 saturated carbocycles. The van der Waals surface area contributed by atoms with Crippen molar-refractivity contribution in [3.8, 4) is 5.75 Å². The zero-order valence-electron chi connectivity index (χ0n) is 14.0. The van der Waals surface area contributed by atoms with Crippen molar-refractivity contribution in [3.05, 3.63) is 57.6 Å². The highest BCUT2D eigenvalue weighted by Gasteiger charge is 2.17. The molecule has 0 bridgehead atoms. The molecule has 2 aromatic rings. The summed E-state index contributed by atoms with van der Waals surface area (Å²) in [4.78, 5) is 12.4. The number of ether oxygens (including phenoxy) is 1. The Morgan fingerprint density at radius 1 is 1.16 bits per heavy atom. The third-order valence-electron chi connectivity index (χ3n) is 3.52. The number of carbonyl (C=O) groups is 1. The first-order valence-electron chi connectivity index (χ1n) is 7.57. The largest absolute Gasteiger partial charge is 0.494 e. The number of hydrogen-bond acceptors (Lipinski definition) is 3. The molecule has 7 heteroatoms. The predicted octanol–water partition coefficient (Wildman–Crippen LogP) is 5.25. The van der Waals surface area contributed by atoms with Gasteiger partial charge < -0.3 is 10.1 Å². The molecule has 0 aliphatic carbocycles. The zero-order valence-corrected chi connectivity index (χ0v) is 16.4. The van der Waals surface area contributed by atoms with Gasteiger partial charge in [0.25, 0.3) is 5.91 Å². The van der Waals surface area contributed by atoms with E-state index in [1.807, 2.05) is 24.3 Å². The SMILES string of the molecule is COc1c(Cl)cc(Cl)cc1C(=O)NC(=S)Nc1ccc(C(C)C)cc1. The lowest BCUT2D eigenvalue weighted by molar-refractivity contribution is 0.0975. The molecule has 2 rings (SSSR count). The van der Waals surface area contributed by atoms with Crippen LogP contribution in [0.15, 0.2) is 36.4 Å². The van der Waals surface area contributed by atoms with E-state index in [1.165, 1.54) is 24.8 Å². The quantitative estimate of drug-likeness (QED) is 0.692. The van der Waals surface area contributed by atoms with Gasteiger partial charge in [-0.3, -0.25) is 10.1 Å². The van der Waals surface area contributed by atoms with Crippen molar-refractivity contribution in [1.29, 1.82) is 0 Å². The first kappa shape index (κ1) is 19.5.